The van der Waals surface area contributed by atoms with Crippen molar-refractivity contribution in [1.29, 1.82) is 0 Å². The molecular formula is C16H14O5. The Morgan fingerprint density at radius 2 is 1.62 bits per heavy atom. The molecule has 0 amide bonds. The molecule has 0 aliphatic rings. The van der Waals surface area contributed by atoms with E-state index in [0.29, 0.717) is 17.1 Å². The molecule has 5 heteroatoms. The van der Waals surface area contributed by atoms with E-state index in [1.807, 2.05) is 0 Å². The van der Waals surface area contributed by atoms with E-state index in [1.54, 1.807) is 30.3 Å². The van der Waals surface area contributed by atoms with Crippen LogP contribution < -0.4 is 9.47 Å². The van der Waals surface area contributed by atoms with Crippen LogP contribution in [0.1, 0.15) is 27.6 Å². The fourth-order valence-electron chi connectivity index (χ4n) is 1.78. The summed E-state index contributed by atoms with van der Waals surface area (Å²) in [5.74, 6) is -0.0225. The molecule has 0 aliphatic heterocycles. The van der Waals surface area contributed by atoms with Crippen LogP contribution >= 0.6 is 0 Å². The largest absolute Gasteiger partial charge is 0.497 e. The number of hydrogen-bond acceptors (Lipinski definition) is 4. The molecule has 0 unspecified atom stereocenters. The summed E-state index contributed by atoms with van der Waals surface area (Å²) in [4.78, 5) is 22.4. The second-order valence-corrected chi connectivity index (χ2v) is 4.35. The van der Waals surface area contributed by atoms with E-state index in [2.05, 4.69) is 0 Å². The number of methoxy groups -OCH3 is 1. The number of carboxylic acids is 1. The summed E-state index contributed by atoms with van der Waals surface area (Å²) in [7, 11) is 1.49. The molecule has 0 saturated heterocycles. The maximum atomic E-state index is 11.2. The summed E-state index contributed by atoms with van der Waals surface area (Å²) < 4.78 is 10.6. The zero-order valence-electron chi connectivity index (χ0n) is 11.6. The first-order valence-corrected chi connectivity index (χ1v) is 6.21. The molecule has 0 aromatic heterocycles. The van der Waals surface area contributed by atoms with Crippen LogP contribution in [0.25, 0.3) is 0 Å². The van der Waals surface area contributed by atoms with Gasteiger partial charge in [-0.05, 0) is 43.3 Å². The van der Waals surface area contributed by atoms with Crippen molar-refractivity contribution < 1.29 is 24.2 Å². The zero-order chi connectivity index (χ0) is 15.4. The molecule has 2 rings (SSSR count). The summed E-state index contributed by atoms with van der Waals surface area (Å²) >= 11 is 0. The van der Waals surface area contributed by atoms with Crippen molar-refractivity contribution in [3.63, 3.8) is 0 Å². The lowest BCUT2D eigenvalue weighted by molar-refractivity contribution is 0.0694. The summed E-state index contributed by atoms with van der Waals surface area (Å²) in [5.41, 5.74) is 0.595. The van der Waals surface area contributed by atoms with Crippen molar-refractivity contribution in [1.82, 2.24) is 0 Å². The third-order valence-electron chi connectivity index (χ3n) is 2.91. The zero-order valence-corrected chi connectivity index (χ0v) is 11.6. The molecular weight excluding hydrogens is 272 g/mol. The van der Waals surface area contributed by atoms with Crippen molar-refractivity contribution >= 4 is 11.8 Å². The van der Waals surface area contributed by atoms with Gasteiger partial charge in [-0.25, -0.2) is 4.79 Å². The summed E-state index contributed by atoms with van der Waals surface area (Å²) in [6, 6.07) is 10.9. The normalized spacial score (nSPS) is 10.0. The number of carboxylic acid groups (broad SMARTS) is 1. The molecule has 0 spiro atoms. The average molecular weight is 286 g/mol. The third-order valence-corrected chi connectivity index (χ3v) is 2.91. The van der Waals surface area contributed by atoms with Gasteiger partial charge in [0.05, 0.1) is 7.11 Å². The van der Waals surface area contributed by atoms with E-state index in [4.69, 9.17) is 14.6 Å². The molecule has 0 bridgehead atoms. The fourth-order valence-corrected chi connectivity index (χ4v) is 1.78. The standard InChI is InChI=1S/C16H14O5/c1-10(17)11-3-5-12(6-4-11)21-15-9-13(20-2)7-8-14(15)16(18)19/h3-9H,1-2H3,(H,18,19). The number of rotatable bonds is 5. The Morgan fingerprint density at radius 3 is 2.14 bits per heavy atom. The number of ketones is 1. The van der Waals surface area contributed by atoms with Crippen LogP contribution in [-0.2, 0) is 0 Å². The van der Waals surface area contributed by atoms with Crippen LogP contribution in [0.15, 0.2) is 42.5 Å². The number of benzene rings is 2. The number of aromatic carboxylic acids is 1. The lowest BCUT2D eigenvalue weighted by Crippen LogP contribution is -2.00. The number of carbonyl (C=O) groups is 2. The molecule has 21 heavy (non-hydrogen) atoms. The van der Waals surface area contributed by atoms with Gasteiger partial charge >= 0.3 is 5.97 Å². The van der Waals surface area contributed by atoms with Crippen LogP contribution in [0.5, 0.6) is 17.2 Å². The minimum atomic E-state index is -1.09. The van der Waals surface area contributed by atoms with E-state index in [9.17, 15) is 9.59 Å². The summed E-state index contributed by atoms with van der Waals surface area (Å²) in [5, 5.41) is 9.16. The van der Waals surface area contributed by atoms with E-state index in [0.717, 1.165) is 0 Å². The second-order valence-electron chi connectivity index (χ2n) is 4.35. The first-order chi connectivity index (χ1) is 10.0. The highest BCUT2D eigenvalue weighted by Gasteiger charge is 2.13. The SMILES string of the molecule is COc1ccc(C(=O)O)c(Oc2ccc(C(C)=O)cc2)c1. The van der Waals surface area contributed by atoms with Crippen molar-refractivity contribution in [3.8, 4) is 17.2 Å². The molecule has 5 nitrogen and oxygen atoms in total. The van der Waals surface area contributed by atoms with E-state index >= 15 is 0 Å². The summed E-state index contributed by atoms with van der Waals surface area (Å²) in [6.07, 6.45) is 0. The molecule has 2 aromatic rings. The predicted molar refractivity (Wildman–Crippen MR) is 76.5 cm³/mol. The number of Topliss-reactive ketones (excluding diaryl/α,β-unsaturated/α-hetero) is 1. The first-order valence-electron chi connectivity index (χ1n) is 6.21. The van der Waals surface area contributed by atoms with Gasteiger partial charge in [-0.3, -0.25) is 4.79 Å². The molecule has 0 atom stereocenters. The molecule has 0 saturated carbocycles. The number of hydrogen-bond donors (Lipinski definition) is 1. The van der Waals surface area contributed by atoms with Gasteiger partial charge in [-0.2, -0.15) is 0 Å². The highest BCUT2D eigenvalue weighted by atomic mass is 16.5. The van der Waals surface area contributed by atoms with Gasteiger partial charge < -0.3 is 14.6 Å². The fraction of sp³-hybridized carbons (Fsp3) is 0.125. The van der Waals surface area contributed by atoms with Crippen LogP contribution in [0.4, 0.5) is 0 Å². The van der Waals surface area contributed by atoms with Crippen LogP contribution in [-0.4, -0.2) is 24.0 Å². The topological polar surface area (TPSA) is 72.8 Å². The van der Waals surface area contributed by atoms with Gasteiger partial charge in [-0.1, -0.05) is 0 Å². The second kappa shape index (κ2) is 6.09. The monoisotopic (exact) mass is 286 g/mol. The number of carbonyl (C=O) groups excluding carboxylic acids is 1. The molecule has 1 N–H and O–H groups in total. The maximum absolute atomic E-state index is 11.2. The Hall–Kier alpha value is -2.82. The predicted octanol–water partition coefficient (Wildman–Crippen LogP) is 3.39. The Bertz CT molecular complexity index is 674. The van der Waals surface area contributed by atoms with E-state index in [1.165, 1.54) is 26.2 Å². The molecule has 2 aromatic carbocycles. The number of ether oxygens (including phenoxy) is 2. The molecule has 0 radical (unpaired) electrons. The minimum absolute atomic E-state index is 0.0337. The minimum Gasteiger partial charge on any atom is -0.497 e. The first kappa shape index (κ1) is 14.6. The highest BCUT2D eigenvalue weighted by molar-refractivity contribution is 5.94. The van der Waals surface area contributed by atoms with E-state index in [-0.39, 0.29) is 17.1 Å². The highest BCUT2D eigenvalue weighted by Crippen LogP contribution is 2.29. The summed E-state index contributed by atoms with van der Waals surface area (Å²) in [6.45, 7) is 1.47. The van der Waals surface area contributed by atoms with Crippen molar-refractivity contribution in [2.24, 2.45) is 0 Å². The van der Waals surface area contributed by atoms with E-state index < -0.39 is 5.97 Å². The quantitative estimate of drug-likeness (QED) is 0.853. The molecule has 0 aliphatic carbocycles. The third kappa shape index (κ3) is 3.39. The molecule has 0 fully saturated rings. The Morgan fingerprint density at radius 1 is 1.00 bits per heavy atom. The van der Waals surface area contributed by atoms with Gasteiger partial charge in [0.2, 0.25) is 0 Å². The molecule has 108 valence electrons. The van der Waals surface area contributed by atoms with Crippen LogP contribution in [0, 0.1) is 0 Å². The van der Waals surface area contributed by atoms with Crippen molar-refractivity contribution in [3.05, 3.63) is 53.6 Å². The van der Waals surface area contributed by atoms with Gasteiger partial charge in [0.15, 0.2) is 5.78 Å². The molecule has 0 heterocycles. The van der Waals surface area contributed by atoms with Crippen LogP contribution in [0.3, 0.4) is 0 Å². The van der Waals surface area contributed by atoms with Crippen LogP contribution in [0.2, 0.25) is 0 Å². The maximum Gasteiger partial charge on any atom is 0.339 e. The lowest BCUT2D eigenvalue weighted by atomic mass is 10.1. The van der Waals surface area contributed by atoms with Crippen molar-refractivity contribution in [2.75, 3.05) is 7.11 Å². The smallest absolute Gasteiger partial charge is 0.339 e. The Labute approximate surface area is 121 Å². The van der Waals surface area contributed by atoms with Gasteiger partial charge in [-0.15, -0.1) is 0 Å². The van der Waals surface area contributed by atoms with Crippen molar-refractivity contribution in [2.45, 2.75) is 6.92 Å². The Balaban J connectivity index is 2.33. The van der Waals surface area contributed by atoms with Gasteiger partial charge in [0.1, 0.15) is 22.8 Å². The lowest BCUT2D eigenvalue weighted by Gasteiger charge is -2.10. The Kier molecular flexibility index (Phi) is 4.23. The average Bonchev–Trinajstić information content (AvgIpc) is 2.47. The van der Waals surface area contributed by atoms with Gasteiger partial charge in [0, 0.05) is 11.6 Å². The van der Waals surface area contributed by atoms with Gasteiger partial charge in [0.25, 0.3) is 0 Å².